The molecule has 0 saturated heterocycles. The summed E-state index contributed by atoms with van der Waals surface area (Å²) in [6, 6.07) is 28.8. The van der Waals surface area contributed by atoms with Crippen molar-refractivity contribution >= 4 is 55.1 Å². The Morgan fingerprint density at radius 2 is 1.48 bits per heavy atom. The minimum absolute atomic E-state index is 0.0313. The summed E-state index contributed by atoms with van der Waals surface area (Å²) in [5.41, 5.74) is 2.44. The molecule has 0 aromatic heterocycles. The van der Waals surface area contributed by atoms with Crippen molar-refractivity contribution < 1.29 is 18.0 Å². The van der Waals surface area contributed by atoms with Gasteiger partial charge in [-0.15, -0.1) is 0 Å². The number of carbonyl (C=O) groups excluding carboxylic acids is 2. The zero-order valence-corrected chi connectivity index (χ0v) is 26.4. The molecule has 4 aromatic carbocycles. The van der Waals surface area contributed by atoms with Crippen LogP contribution >= 0.6 is 27.5 Å². The van der Waals surface area contributed by atoms with Crippen LogP contribution in [0.3, 0.4) is 0 Å². The van der Waals surface area contributed by atoms with Crippen molar-refractivity contribution in [2.45, 2.75) is 30.8 Å². The van der Waals surface area contributed by atoms with Gasteiger partial charge in [-0.25, -0.2) is 8.42 Å². The van der Waals surface area contributed by atoms with Crippen molar-refractivity contribution in [2.24, 2.45) is 0 Å². The van der Waals surface area contributed by atoms with Gasteiger partial charge < -0.3 is 10.2 Å². The molecular formula is C32H31BrClN3O4S. The monoisotopic (exact) mass is 667 g/mol. The van der Waals surface area contributed by atoms with E-state index in [9.17, 15) is 18.0 Å². The third kappa shape index (κ3) is 7.40. The Morgan fingerprint density at radius 1 is 0.857 bits per heavy atom. The van der Waals surface area contributed by atoms with E-state index in [1.165, 1.54) is 24.1 Å². The zero-order valence-electron chi connectivity index (χ0n) is 23.2. The molecule has 0 bridgehead atoms. The Morgan fingerprint density at radius 3 is 2.10 bits per heavy atom. The number of nitrogens with zero attached hydrogens (tertiary/aromatic N) is 2. The fraction of sp³-hybridized carbons (Fsp3) is 0.188. The molecule has 4 rings (SSSR count). The lowest BCUT2D eigenvalue weighted by molar-refractivity contribution is -0.139. The number of rotatable bonds is 11. The number of halogens is 2. The lowest BCUT2D eigenvalue weighted by atomic mass is 10.0. The molecule has 218 valence electrons. The number of carbonyl (C=O) groups is 2. The van der Waals surface area contributed by atoms with Crippen LogP contribution < -0.4 is 9.62 Å². The fourth-order valence-electron chi connectivity index (χ4n) is 4.61. The highest BCUT2D eigenvalue weighted by Gasteiger charge is 2.35. The van der Waals surface area contributed by atoms with Crippen molar-refractivity contribution in [1.82, 2.24) is 10.2 Å². The Bertz CT molecular complexity index is 1640. The first-order chi connectivity index (χ1) is 20.1. The molecule has 0 aliphatic rings. The van der Waals surface area contributed by atoms with Crippen molar-refractivity contribution in [3.05, 3.63) is 129 Å². The molecule has 0 fully saturated rings. The lowest BCUT2D eigenvalue weighted by Crippen LogP contribution is -2.53. The minimum atomic E-state index is -4.19. The number of hydrogen-bond donors (Lipinski definition) is 1. The van der Waals surface area contributed by atoms with Crippen LogP contribution in [0.5, 0.6) is 0 Å². The Labute approximate surface area is 260 Å². The SMILES string of the molecule is CNC(=O)[C@H](Cc1ccccc1)N(Cc1ccc(Br)cc1)C(=O)CN(c1cccc(Cl)c1C)S(=O)(=O)c1ccccc1. The van der Waals surface area contributed by atoms with Gasteiger partial charge in [0, 0.05) is 29.5 Å². The molecule has 0 spiro atoms. The second-order valence-electron chi connectivity index (χ2n) is 9.68. The van der Waals surface area contributed by atoms with E-state index in [0.29, 0.717) is 10.6 Å². The Kier molecular flexibility index (Phi) is 10.4. The van der Waals surface area contributed by atoms with E-state index in [0.717, 1.165) is 19.9 Å². The van der Waals surface area contributed by atoms with Crippen LogP contribution in [-0.4, -0.2) is 44.8 Å². The predicted octanol–water partition coefficient (Wildman–Crippen LogP) is 5.99. The number of benzene rings is 4. The first kappa shape index (κ1) is 31.3. The predicted molar refractivity (Wildman–Crippen MR) is 170 cm³/mol. The van der Waals surface area contributed by atoms with E-state index < -0.39 is 28.5 Å². The van der Waals surface area contributed by atoms with Gasteiger partial charge in [0.2, 0.25) is 11.8 Å². The van der Waals surface area contributed by atoms with E-state index in [2.05, 4.69) is 21.2 Å². The van der Waals surface area contributed by atoms with Gasteiger partial charge in [0.05, 0.1) is 10.6 Å². The first-order valence-corrected chi connectivity index (χ1v) is 15.8. The van der Waals surface area contributed by atoms with Crippen LogP contribution in [0.25, 0.3) is 0 Å². The van der Waals surface area contributed by atoms with E-state index in [4.69, 9.17) is 11.6 Å². The van der Waals surface area contributed by atoms with E-state index in [1.54, 1.807) is 43.3 Å². The van der Waals surface area contributed by atoms with Gasteiger partial charge in [0.1, 0.15) is 12.6 Å². The third-order valence-electron chi connectivity index (χ3n) is 6.90. The molecule has 4 aromatic rings. The van der Waals surface area contributed by atoms with Crippen LogP contribution in [0.1, 0.15) is 16.7 Å². The fourth-order valence-corrected chi connectivity index (χ4v) is 6.53. The molecule has 10 heteroatoms. The highest BCUT2D eigenvalue weighted by Crippen LogP contribution is 2.31. The van der Waals surface area contributed by atoms with Crippen LogP contribution in [0, 0.1) is 6.92 Å². The maximum Gasteiger partial charge on any atom is 0.264 e. The van der Waals surface area contributed by atoms with Crippen LogP contribution in [-0.2, 0) is 32.6 Å². The van der Waals surface area contributed by atoms with E-state index >= 15 is 0 Å². The summed E-state index contributed by atoms with van der Waals surface area (Å²) in [5, 5.41) is 3.05. The van der Waals surface area contributed by atoms with Crippen LogP contribution in [0.15, 0.2) is 112 Å². The van der Waals surface area contributed by atoms with Crippen molar-refractivity contribution in [3.8, 4) is 0 Å². The molecule has 0 heterocycles. The topological polar surface area (TPSA) is 86.8 Å². The first-order valence-electron chi connectivity index (χ1n) is 13.2. The molecule has 1 atom stereocenters. The van der Waals surface area contributed by atoms with Gasteiger partial charge in [-0.2, -0.15) is 0 Å². The highest BCUT2D eigenvalue weighted by atomic mass is 79.9. The molecule has 2 amide bonds. The second kappa shape index (κ2) is 14.0. The number of nitrogens with one attached hydrogen (secondary N) is 1. The van der Waals surface area contributed by atoms with Crippen molar-refractivity contribution in [1.29, 1.82) is 0 Å². The molecule has 7 nitrogen and oxygen atoms in total. The smallest absolute Gasteiger partial charge is 0.264 e. The quantitative estimate of drug-likeness (QED) is 0.213. The Hall–Kier alpha value is -3.66. The molecule has 0 aliphatic carbocycles. The summed E-state index contributed by atoms with van der Waals surface area (Å²) >= 11 is 9.84. The average Bonchev–Trinajstić information content (AvgIpc) is 3.00. The van der Waals surface area contributed by atoms with Crippen molar-refractivity contribution in [3.63, 3.8) is 0 Å². The third-order valence-corrected chi connectivity index (χ3v) is 9.61. The number of likely N-dealkylation sites (N-methyl/N-ethyl adjacent to an activating group) is 1. The zero-order chi connectivity index (χ0) is 30.3. The molecule has 0 radical (unpaired) electrons. The molecule has 1 N–H and O–H groups in total. The molecule has 0 aliphatic heterocycles. The normalized spacial score (nSPS) is 11.9. The number of sulfonamides is 1. The number of amides is 2. The van der Waals surface area contributed by atoms with Gasteiger partial charge in [-0.1, -0.05) is 94.3 Å². The maximum atomic E-state index is 14.3. The molecule has 0 unspecified atom stereocenters. The maximum absolute atomic E-state index is 14.3. The van der Waals surface area contributed by atoms with Crippen LogP contribution in [0.2, 0.25) is 5.02 Å². The standard InChI is InChI=1S/C32H31BrClN3O4S/c1-23-28(34)14-9-15-29(23)37(42(40,41)27-12-7-4-8-13-27)22-31(38)36(21-25-16-18-26(33)19-17-25)30(32(39)35-2)20-24-10-5-3-6-11-24/h3-19,30H,20-22H2,1-2H3,(H,35,39)/t30-/m0/s1. The lowest BCUT2D eigenvalue weighted by Gasteiger charge is -2.34. The van der Waals surface area contributed by atoms with Gasteiger partial charge in [0.15, 0.2) is 0 Å². The minimum Gasteiger partial charge on any atom is -0.357 e. The summed E-state index contributed by atoms with van der Waals surface area (Å²) in [6.07, 6.45) is 0.240. The second-order valence-corrected chi connectivity index (χ2v) is 12.9. The van der Waals surface area contributed by atoms with Gasteiger partial charge in [-0.3, -0.25) is 13.9 Å². The average molecular weight is 669 g/mol. The summed E-state index contributed by atoms with van der Waals surface area (Å²) < 4.78 is 30.0. The molecular weight excluding hydrogens is 638 g/mol. The number of anilines is 1. The van der Waals surface area contributed by atoms with Crippen molar-refractivity contribution in [2.75, 3.05) is 17.9 Å². The molecule has 0 saturated carbocycles. The van der Waals surface area contributed by atoms with Gasteiger partial charge in [-0.05, 0) is 60.0 Å². The summed E-state index contributed by atoms with van der Waals surface area (Å²) in [6.45, 7) is 1.25. The molecule has 42 heavy (non-hydrogen) atoms. The van der Waals surface area contributed by atoms with E-state index in [-0.39, 0.29) is 29.5 Å². The Balaban J connectivity index is 1.81. The highest BCUT2D eigenvalue weighted by molar-refractivity contribution is 9.10. The summed E-state index contributed by atoms with van der Waals surface area (Å²) in [7, 11) is -2.67. The van der Waals surface area contributed by atoms with Gasteiger partial charge >= 0.3 is 0 Å². The summed E-state index contributed by atoms with van der Waals surface area (Å²) in [5.74, 6) is -0.901. The van der Waals surface area contributed by atoms with Crippen LogP contribution in [0.4, 0.5) is 5.69 Å². The van der Waals surface area contributed by atoms with Gasteiger partial charge in [0.25, 0.3) is 10.0 Å². The number of hydrogen-bond acceptors (Lipinski definition) is 4. The van der Waals surface area contributed by atoms with E-state index in [1.807, 2.05) is 54.6 Å². The largest absolute Gasteiger partial charge is 0.357 e. The summed E-state index contributed by atoms with van der Waals surface area (Å²) in [4.78, 5) is 29.1.